The molecule has 2 aliphatic rings. The molecule has 0 spiro atoms. The highest BCUT2D eigenvalue weighted by Gasteiger charge is 2.30. The van der Waals surface area contributed by atoms with Gasteiger partial charge >= 0.3 is 0 Å². The van der Waals surface area contributed by atoms with Crippen LogP contribution in [0.4, 0.5) is 0 Å². The van der Waals surface area contributed by atoms with Crippen molar-refractivity contribution >= 4 is 10.8 Å². The van der Waals surface area contributed by atoms with Gasteiger partial charge in [0.2, 0.25) is 0 Å². The highest BCUT2D eigenvalue weighted by Crippen LogP contribution is 2.42. The molecule has 0 aromatic heterocycles. The molecule has 0 saturated heterocycles. The summed E-state index contributed by atoms with van der Waals surface area (Å²) in [6.07, 6.45) is 7.20. The lowest BCUT2D eigenvalue weighted by Crippen LogP contribution is -2.20. The monoisotopic (exact) mass is 360 g/mol. The maximum Gasteiger partial charge on any atom is 0.0720 e. The largest absolute Gasteiger partial charge is 0.376 e. The summed E-state index contributed by atoms with van der Waals surface area (Å²) in [5, 5.41) is 2.66. The molecular weight excluding hydrogens is 328 g/mol. The molecule has 1 aliphatic heterocycles. The fraction of sp³-hybridized carbons (Fsp3) is 0.462. The number of benzene rings is 2. The van der Waals surface area contributed by atoms with Crippen molar-refractivity contribution in [2.75, 3.05) is 6.61 Å². The lowest BCUT2D eigenvalue weighted by Gasteiger charge is -2.30. The van der Waals surface area contributed by atoms with Crippen LogP contribution in [0.1, 0.15) is 64.2 Å². The van der Waals surface area contributed by atoms with Crippen LogP contribution in [0, 0.1) is 11.3 Å². The average molecular weight is 361 g/mol. The van der Waals surface area contributed by atoms with E-state index >= 15 is 0 Å². The average Bonchev–Trinajstić information content (AvgIpc) is 2.76. The van der Waals surface area contributed by atoms with Crippen molar-refractivity contribution in [2.45, 2.75) is 59.5 Å². The first-order valence-electron chi connectivity index (χ1n) is 10.2. The van der Waals surface area contributed by atoms with Crippen LogP contribution in [0.2, 0.25) is 0 Å². The van der Waals surface area contributed by atoms with Crippen molar-refractivity contribution in [3.05, 3.63) is 70.8 Å². The van der Waals surface area contributed by atoms with Gasteiger partial charge in [-0.25, -0.2) is 0 Å². The van der Waals surface area contributed by atoms with Crippen LogP contribution in [-0.4, -0.2) is 6.61 Å². The smallest absolute Gasteiger partial charge is 0.0720 e. The summed E-state index contributed by atoms with van der Waals surface area (Å²) >= 11 is 0. The normalized spacial score (nSPS) is 22.8. The van der Waals surface area contributed by atoms with Gasteiger partial charge in [-0.15, -0.1) is 0 Å². The van der Waals surface area contributed by atoms with E-state index in [9.17, 15) is 0 Å². The Kier molecular flexibility index (Phi) is 4.35. The second-order valence-corrected chi connectivity index (χ2v) is 10.3. The molecular formula is C26H32O. The molecule has 0 saturated carbocycles. The van der Waals surface area contributed by atoms with Gasteiger partial charge in [0.15, 0.2) is 0 Å². The van der Waals surface area contributed by atoms with Crippen LogP contribution in [0.15, 0.2) is 54.1 Å². The molecule has 2 aromatic carbocycles. The van der Waals surface area contributed by atoms with Crippen LogP contribution >= 0.6 is 0 Å². The van der Waals surface area contributed by atoms with Crippen LogP contribution in [0.25, 0.3) is 10.8 Å². The molecule has 27 heavy (non-hydrogen) atoms. The third kappa shape index (κ3) is 3.50. The molecule has 1 aliphatic carbocycles. The van der Waals surface area contributed by atoms with Crippen molar-refractivity contribution < 1.29 is 4.74 Å². The molecule has 1 heterocycles. The zero-order valence-electron chi connectivity index (χ0n) is 17.6. The van der Waals surface area contributed by atoms with Crippen molar-refractivity contribution in [3.63, 3.8) is 0 Å². The van der Waals surface area contributed by atoms with E-state index in [1.165, 1.54) is 33.0 Å². The molecule has 0 fully saturated rings. The lowest BCUT2D eigenvalue weighted by atomic mass is 9.74. The van der Waals surface area contributed by atoms with E-state index < -0.39 is 0 Å². The zero-order valence-corrected chi connectivity index (χ0v) is 17.6. The van der Waals surface area contributed by atoms with Crippen molar-refractivity contribution in [3.8, 4) is 0 Å². The van der Waals surface area contributed by atoms with Crippen molar-refractivity contribution in [1.82, 2.24) is 0 Å². The van der Waals surface area contributed by atoms with Gasteiger partial charge < -0.3 is 4.74 Å². The molecule has 2 aromatic rings. The molecule has 142 valence electrons. The highest BCUT2D eigenvalue weighted by atomic mass is 16.5. The Hall–Kier alpha value is -1.86. The van der Waals surface area contributed by atoms with E-state index in [0.717, 1.165) is 6.61 Å². The second kappa shape index (κ2) is 6.34. The molecule has 4 rings (SSSR count). The first kappa shape index (κ1) is 18.5. The Morgan fingerprint density at radius 2 is 1.67 bits per heavy atom. The third-order valence-electron chi connectivity index (χ3n) is 6.10. The summed E-state index contributed by atoms with van der Waals surface area (Å²) in [7, 11) is 0. The summed E-state index contributed by atoms with van der Waals surface area (Å²) in [5.41, 5.74) is 5.95. The number of fused-ring (bicyclic) bond motifs is 4. The number of hydrogen-bond donors (Lipinski definition) is 0. The Morgan fingerprint density at radius 1 is 0.889 bits per heavy atom. The van der Waals surface area contributed by atoms with E-state index in [0.29, 0.717) is 18.4 Å². The maximum atomic E-state index is 6.12. The molecule has 2 unspecified atom stereocenters. The van der Waals surface area contributed by atoms with Gasteiger partial charge in [-0.1, -0.05) is 84.0 Å². The third-order valence-corrected chi connectivity index (χ3v) is 6.10. The Labute approximate surface area is 164 Å². The number of hydrogen-bond acceptors (Lipinski definition) is 1. The molecule has 1 heteroatoms. The van der Waals surface area contributed by atoms with Crippen molar-refractivity contribution in [2.24, 2.45) is 11.3 Å². The van der Waals surface area contributed by atoms with Crippen LogP contribution < -0.4 is 0 Å². The van der Waals surface area contributed by atoms with E-state index in [1.54, 1.807) is 0 Å². The quantitative estimate of drug-likeness (QED) is 0.496. The SMILES string of the molecule is CC(C)(C)C1=CC2COCc3cc4cc(C(C)(C)C)ccc4cc3C2C=C1. The first-order valence-corrected chi connectivity index (χ1v) is 10.2. The second-order valence-electron chi connectivity index (χ2n) is 10.3. The number of ether oxygens (including phenoxy) is 1. The van der Waals surface area contributed by atoms with E-state index in [2.05, 4.69) is 90.1 Å². The minimum atomic E-state index is 0.169. The standard InChI is InChI=1S/C26H32O/c1-25(2,3)21-8-7-17-14-24-19(11-18(17)12-21)15-27-16-20-13-22(26(4,5)6)9-10-23(20)24/h7-14,20,23H,15-16H2,1-6H3. The molecule has 0 N–H and O–H groups in total. The first-order chi connectivity index (χ1) is 12.6. The van der Waals surface area contributed by atoms with Gasteiger partial charge in [-0.3, -0.25) is 0 Å². The Morgan fingerprint density at radius 3 is 2.37 bits per heavy atom. The Balaban J connectivity index is 1.78. The molecule has 0 bridgehead atoms. The van der Waals surface area contributed by atoms with E-state index in [4.69, 9.17) is 4.74 Å². The van der Waals surface area contributed by atoms with Crippen LogP contribution in [0.3, 0.4) is 0 Å². The van der Waals surface area contributed by atoms with E-state index in [1.807, 2.05) is 0 Å². The maximum absolute atomic E-state index is 6.12. The molecule has 0 radical (unpaired) electrons. The van der Waals surface area contributed by atoms with Gasteiger partial charge in [-0.05, 0) is 49.9 Å². The predicted octanol–water partition coefficient (Wildman–Crippen LogP) is 6.91. The number of rotatable bonds is 0. The minimum absolute atomic E-state index is 0.169. The molecule has 2 atom stereocenters. The van der Waals surface area contributed by atoms with Gasteiger partial charge in [0.25, 0.3) is 0 Å². The van der Waals surface area contributed by atoms with Gasteiger partial charge in [-0.2, -0.15) is 0 Å². The lowest BCUT2D eigenvalue weighted by molar-refractivity contribution is 0.104. The fourth-order valence-electron chi connectivity index (χ4n) is 4.30. The topological polar surface area (TPSA) is 9.23 Å². The minimum Gasteiger partial charge on any atom is -0.376 e. The summed E-state index contributed by atoms with van der Waals surface area (Å²) in [6, 6.07) is 11.7. The molecule has 0 amide bonds. The fourth-order valence-corrected chi connectivity index (χ4v) is 4.30. The summed E-state index contributed by atoms with van der Waals surface area (Å²) < 4.78 is 6.12. The van der Waals surface area contributed by atoms with Gasteiger partial charge in [0.1, 0.15) is 0 Å². The van der Waals surface area contributed by atoms with Crippen molar-refractivity contribution in [1.29, 1.82) is 0 Å². The predicted molar refractivity (Wildman–Crippen MR) is 115 cm³/mol. The molecule has 1 nitrogen and oxygen atoms in total. The summed E-state index contributed by atoms with van der Waals surface area (Å²) in [4.78, 5) is 0. The summed E-state index contributed by atoms with van der Waals surface area (Å²) in [6.45, 7) is 15.2. The van der Waals surface area contributed by atoms with Gasteiger partial charge in [0, 0.05) is 11.8 Å². The number of allylic oxidation sites excluding steroid dienone is 3. The Bertz CT molecular complexity index is 931. The van der Waals surface area contributed by atoms with Crippen LogP contribution in [0.5, 0.6) is 0 Å². The highest BCUT2D eigenvalue weighted by molar-refractivity contribution is 5.85. The zero-order chi connectivity index (χ0) is 19.4. The van der Waals surface area contributed by atoms with Gasteiger partial charge in [0.05, 0.1) is 13.2 Å². The van der Waals surface area contributed by atoms with Crippen LogP contribution in [-0.2, 0) is 16.8 Å². The summed E-state index contributed by atoms with van der Waals surface area (Å²) in [5.74, 6) is 0.845. The van der Waals surface area contributed by atoms with E-state index in [-0.39, 0.29) is 10.8 Å².